The summed E-state index contributed by atoms with van der Waals surface area (Å²) in [5.41, 5.74) is 4.61. The molecule has 0 aliphatic carbocycles. The van der Waals surface area contributed by atoms with Gasteiger partial charge in [-0.2, -0.15) is 5.43 Å². The SMILES string of the molecule is C=C[C@H](N[n+]1ccccc1)c1ccc2ccccc2c1.[I-]. The zero-order valence-electron chi connectivity index (χ0n) is 11.6. The number of aromatic nitrogens is 1. The van der Waals surface area contributed by atoms with Crippen molar-refractivity contribution < 1.29 is 28.7 Å². The monoisotopic (exact) mass is 388 g/mol. The standard InChI is InChI=1S/C18H17N2.HI/c1-2-18(19-20-12-6-3-7-13-20)17-11-10-15-8-4-5-9-16(15)14-17;/h2-14,18-19H,1H2;1H/q+1;/p-1/t18-;/m0./s1. The van der Waals surface area contributed by atoms with Crippen LogP contribution in [0.4, 0.5) is 0 Å². The minimum atomic E-state index is 0. The number of benzene rings is 2. The van der Waals surface area contributed by atoms with Crippen LogP contribution in [-0.4, -0.2) is 0 Å². The van der Waals surface area contributed by atoms with Gasteiger partial charge in [-0.15, -0.1) is 6.58 Å². The molecule has 21 heavy (non-hydrogen) atoms. The molecule has 1 N–H and O–H groups in total. The molecule has 0 saturated heterocycles. The molecule has 2 aromatic carbocycles. The summed E-state index contributed by atoms with van der Waals surface area (Å²) in [5, 5.41) is 2.50. The normalized spacial score (nSPS) is 11.4. The Hall–Kier alpha value is -1.88. The fourth-order valence-corrected chi connectivity index (χ4v) is 2.31. The molecule has 0 aliphatic rings. The zero-order chi connectivity index (χ0) is 13.8. The molecule has 2 nitrogen and oxygen atoms in total. The molecule has 1 heterocycles. The van der Waals surface area contributed by atoms with E-state index in [1.807, 2.05) is 41.3 Å². The molecule has 3 heteroatoms. The minimum Gasteiger partial charge on any atom is -1.00 e. The summed E-state index contributed by atoms with van der Waals surface area (Å²) >= 11 is 0. The summed E-state index contributed by atoms with van der Waals surface area (Å²) in [6.07, 6.45) is 5.89. The minimum absolute atomic E-state index is 0. The topological polar surface area (TPSA) is 15.9 Å². The van der Waals surface area contributed by atoms with Crippen LogP contribution in [0.15, 0.2) is 85.7 Å². The molecule has 0 spiro atoms. The Labute approximate surface area is 142 Å². The van der Waals surface area contributed by atoms with Gasteiger partial charge in [0, 0.05) is 12.1 Å². The number of hydrogen-bond acceptors (Lipinski definition) is 1. The van der Waals surface area contributed by atoms with E-state index in [1.165, 1.54) is 16.3 Å². The van der Waals surface area contributed by atoms with Crippen LogP contribution in [0.5, 0.6) is 0 Å². The van der Waals surface area contributed by atoms with Gasteiger partial charge in [-0.05, 0) is 22.4 Å². The van der Waals surface area contributed by atoms with Crippen LogP contribution in [0.2, 0.25) is 0 Å². The van der Waals surface area contributed by atoms with Crippen molar-refractivity contribution >= 4 is 10.8 Å². The van der Waals surface area contributed by atoms with E-state index in [2.05, 4.69) is 54.5 Å². The smallest absolute Gasteiger partial charge is 0.199 e. The summed E-state index contributed by atoms with van der Waals surface area (Å²) in [5.74, 6) is 0. The quantitative estimate of drug-likeness (QED) is 0.394. The van der Waals surface area contributed by atoms with Crippen LogP contribution >= 0.6 is 0 Å². The Bertz CT molecular complexity index is 725. The molecule has 3 rings (SSSR count). The van der Waals surface area contributed by atoms with Crippen molar-refractivity contribution in [1.29, 1.82) is 0 Å². The second-order valence-electron chi connectivity index (χ2n) is 4.73. The Morgan fingerprint density at radius 3 is 2.33 bits per heavy atom. The van der Waals surface area contributed by atoms with E-state index in [4.69, 9.17) is 0 Å². The molecule has 0 radical (unpaired) electrons. The van der Waals surface area contributed by atoms with Crippen molar-refractivity contribution in [3.63, 3.8) is 0 Å². The number of rotatable bonds is 4. The van der Waals surface area contributed by atoms with E-state index in [0.717, 1.165) is 0 Å². The molecule has 1 atom stereocenters. The van der Waals surface area contributed by atoms with Gasteiger partial charge in [-0.3, -0.25) is 0 Å². The first-order valence-electron chi connectivity index (χ1n) is 6.71. The van der Waals surface area contributed by atoms with Gasteiger partial charge in [-0.25, -0.2) is 0 Å². The summed E-state index contributed by atoms with van der Waals surface area (Å²) in [7, 11) is 0. The highest BCUT2D eigenvalue weighted by molar-refractivity contribution is 5.83. The summed E-state index contributed by atoms with van der Waals surface area (Å²) < 4.78 is 1.95. The third-order valence-electron chi connectivity index (χ3n) is 3.37. The highest BCUT2D eigenvalue weighted by Crippen LogP contribution is 2.21. The lowest BCUT2D eigenvalue weighted by atomic mass is 10.0. The molecule has 1 aromatic heterocycles. The molecule has 0 bridgehead atoms. The average Bonchev–Trinajstić information content (AvgIpc) is 2.53. The number of nitrogens with one attached hydrogen (secondary N) is 1. The first kappa shape index (κ1) is 15.5. The Morgan fingerprint density at radius 1 is 0.905 bits per heavy atom. The molecule has 0 unspecified atom stereocenters. The van der Waals surface area contributed by atoms with Crippen LogP contribution < -0.4 is 34.1 Å². The maximum absolute atomic E-state index is 3.94. The number of hydrogen-bond donors (Lipinski definition) is 1. The van der Waals surface area contributed by atoms with Gasteiger partial charge in [0.2, 0.25) is 0 Å². The maximum Gasteiger partial charge on any atom is 0.199 e. The summed E-state index contributed by atoms with van der Waals surface area (Å²) in [6, 6.07) is 20.9. The van der Waals surface area contributed by atoms with Gasteiger partial charge >= 0.3 is 0 Å². The number of pyridine rings is 1. The van der Waals surface area contributed by atoms with Gasteiger partial charge in [0.1, 0.15) is 6.04 Å². The van der Waals surface area contributed by atoms with Crippen molar-refractivity contribution in [3.8, 4) is 0 Å². The Balaban J connectivity index is 0.00000161. The van der Waals surface area contributed by atoms with E-state index >= 15 is 0 Å². The lowest BCUT2D eigenvalue weighted by molar-refractivity contribution is -0.653. The summed E-state index contributed by atoms with van der Waals surface area (Å²) in [6.45, 7) is 3.94. The van der Waals surface area contributed by atoms with Crippen molar-refractivity contribution in [2.75, 3.05) is 5.43 Å². The third kappa shape index (κ3) is 3.61. The second-order valence-corrected chi connectivity index (χ2v) is 4.73. The lowest BCUT2D eigenvalue weighted by Crippen LogP contribution is -3.00. The molecule has 0 amide bonds. The molecule has 0 fully saturated rings. The highest BCUT2D eigenvalue weighted by atomic mass is 127. The molecular weight excluding hydrogens is 371 g/mol. The van der Waals surface area contributed by atoms with Crippen LogP contribution in [0, 0.1) is 0 Å². The largest absolute Gasteiger partial charge is 1.00 e. The van der Waals surface area contributed by atoms with Crippen molar-refractivity contribution in [1.82, 2.24) is 0 Å². The predicted octanol–water partition coefficient (Wildman–Crippen LogP) is 0.602. The van der Waals surface area contributed by atoms with E-state index in [0.29, 0.717) is 0 Å². The third-order valence-corrected chi connectivity index (χ3v) is 3.37. The molecule has 106 valence electrons. The number of nitrogens with zero attached hydrogens (tertiary/aromatic N) is 1. The maximum atomic E-state index is 3.94. The summed E-state index contributed by atoms with van der Waals surface area (Å²) in [4.78, 5) is 0. The van der Waals surface area contributed by atoms with Gasteiger partial charge in [-0.1, -0.05) is 53.2 Å². The van der Waals surface area contributed by atoms with E-state index in [-0.39, 0.29) is 30.0 Å². The van der Waals surface area contributed by atoms with E-state index in [1.54, 1.807) is 0 Å². The number of fused-ring (bicyclic) bond motifs is 1. The van der Waals surface area contributed by atoms with Crippen molar-refractivity contribution in [2.45, 2.75) is 6.04 Å². The van der Waals surface area contributed by atoms with Crippen LogP contribution in [0.3, 0.4) is 0 Å². The van der Waals surface area contributed by atoms with E-state index in [9.17, 15) is 0 Å². The number of halogens is 1. The Morgan fingerprint density at radius 2 is 1.62 bits per heavy atom. The second kappa shape index (κ2) is 7.22. The van der Waals surface area contributed by atoms with Gasteiger partial charge < -0.3 is 24.0 Å². The molecular formula is C18H17IN2. The van der Waals surface area contributed by atoms with Crippen molar-refractivity contribution in [2.24, 2.45) is 0 Å². The lowest BCUT2D eigenvalue weighted by Gasteiger charge is -2.12. The zero-order valence-corrected chi connectivity index (χ0v) is 13.8. The van der Waals surface area contributed by atoms with Gasteiger partial charge in [0.05, 0.1) is 0 Å². The van der Waals surface area contributed by atoms with E-state index < -0.39 is 0 Å². The van der Waals surface area contributed by atoms with Gasteiger partial charge in [0.15, 0.2) is 12.4 Å². The van der Waals surface area contributed by atoms with Crippen LogP contribution in [-0.2, 0) is 0 Å². The van der Waals surface area contributed by atoms with Crippen LogP contribution in [0.25, 0.3) is 10.8 Å². The highest BCUT2D eigenvalue weighted by Gasteiger charge is 2.11. The molecule has 0 aliphatic heterocycles. The van der Waals surface area contributed by atoms with Gasteiger partial charge in [0.25, 0.3) is 0 Å². The van der Waals surface area contributed by atoms with Crippen molar-refractivity contribution in [3.05, 3.63) is 91.3 Å². The van der Waals surface area contributed by atoms with Crippen LogP contribution in [0.1, 0.15) is 11.6 Å². The first-order valence-corrected chi connectivity index (χ1v) is 6.71. The molecule has 3 aromatic rings. The Kier molecular flexibility index (Phi) is 5.33. The first-order chi connectivity index (χ1) is 9.86. The average molecular weight is 388 g/mol. The fraction of sp³-hybridized carbons (Fsp3) is 0.0556. The fourth-order valence-electron chi connectivity index (χ4n) is 2.31. The predicted molar refractivity (Wildman–Crippen MR) is 82.9 cm³/mol. The molecule has 0 saturated carbocycles.